The van der Waals surface area contributed by atoms with Crippen LogP contribution in [0.3, 0.4) is 0 Å². The second-order valence-electron chi connectivity index (χ2n) is 5.36. The van der Waals surface area contributed by atoms with Crippen LogP contribution in [0.15, 0.2) is 0 Å². The molecule has 2 N–H and O–H groups in total. The van der Waals surface area contributed by atoms with Crippen molar-refractivity contribution in [1.29, 1.82) is 0 Å². The van der Waals surface area contributed by atoms with Gasteiger partial charge >= 0.3 is 0 Å². The molecule has 6 nitrogen and oxygen atoms in total. The number of rotatable bonds is 7. The molecule has 1 aliphatic rings. The first kappa shape index (κ1) is 16.5. The zero-order chi connectivity index (χ0) is 16.3. The van der Waals surface area contributed by atoms with E-state index in [4.69, 9.17) is 0 Å². The predicted molar refractivity (Wildman–Crippen MR) is 81.8 cm³/mol. The van der Waals surface area contributed by atoms with Gasteiger partial charge in [0.25, 0.3) is 5.91 Å². The highest BCUT2D eigenvalue weighted by Gasteiger charge is 2.28. The fourth-order valence-corrected chi connectivity index (χ4v) is 3.38. The summed E-state index contributed by atoms with van der Waals surface area (Å²) in [5, 5.41) is 16.5. The fraction of sp³-hybridized carbons (Fsp3) is 0.533. The molecule has 0 spiro atoms. The monoisotopic (exact) mass is 323 g/mol. The van der Waals surface area contributed by atoms with Crippen molar-refractivity contribution in [3.05, 3.63) is 16.0 Å². The molecule has 120 valence electrons. The molecule has 2 amide bonds. The van der Waals surface area contributed by atoms with E-state index in [1.807, 2.05) is 13.8 Å². The summed E-state index contributed by atoms with van der Waals surface area (Å²) in [4.78, 5) is 35.6. The van der Waals surface area contributed by atoms with Gasteiger partial charge in [0.2, 0.25) is 5.91 Å². The van der Waals surface area contributed by atoms with Gasteiger partial charge in [0, 0.05) is 23.3 Å². The number of carbonyl (C=O) groups excluding carboxylic acids is 3. The molecule has 1 aromatic heterocycles. The lowest BCUT2D eigenvalue weighted by Crippen LogP contribution is -2.27. The summed E-state index contributed by atoms with van der Waals surface area (Å²) in [6.07, 6.45) is 2.18. The molecule has 0 atom stereocenters. The molecule has 1 aromatic rings. The number of aliphatic carboxylic acids is 1. The molecule has 0 aliphatic heterocycles. The van der Waals surface area contributed by atoms with Crippen LogP contribution in [0.4, 0.5) is 5.00 Å². The molecular formula is C15H19N2O4S-. The van der Waals surface area contributed by atoms with E-state index in [1.165, 1.54) is 11.3 Å². The SMILES string of the molecule is CCc1c(C)sc(NC(=O)CCC(=O)[O-])c1C(=O)NC1CC1. The van der Waals surface area contributed by atoms with Crippen molar-refractivity contribution in [2.75, 3.05) is 5.32 Å². The Morgan fingerprint density at radius 1 is 1.27 bits per heavy atom. The van der Waals surface area contributed by atoms with Gasteiger partial charge in [0.05, 0.1) is 5.56 Å². The van der Waals surface area contributed by atoms with Crippen LogP contribution >= 0.6 is 11.3 Å². The number of hydrogen-bond acceptors (Lipinski definition) is 5. The van der Waals surface area contributed by atoms with E-state index < -0.39 is 11.9 Å². The number of aryl methyl sites for hydroxylation is 1. The van der Waals surface area contributed by atoms with Gasteiger partial charge in [-0.15, -0.1) is 11.3 Å². The van der Waals surface area contributed by atoms with Gasteiger partial charge in [-0.05, 0) is 38.2 Å². The minimum atomic E-state index is -1.27. The summed E-state index contributed by atoms with van der Waals surface area (Å²) in [6.45, 7) is 3.87. The average molecular weight is 323 g/mol. The Bertz CT molecular complexity index is 605. The molecule has 2 rings (SSSR count). The van der Waals surface area contributed by atoms with E-state index in [2.05, 4.69) is 10.6 Å². The van der Waals surface area contributed by atoms with Gasteiger partial charge in [0.1, 0.15) is 5.00 Å². The first-order valence-corrected chi connectivity index (χ1v) is 8.16. The lowest BCUT2D eigenvalue weighted by Gasteiger charge is -2.09. The van der Waals surface area contributed by atoms with Crippen molar-refractivity contribution in [2.24, 2.45) is 0 Å². The van der Waals surface area contributed by atoms with Crippen LogP contribution in [-0.4, -0.2) is 23.8 Å². The van der Waals surface area contributed by atoms with E-state index in [9.17, 15) is 19.5 Å². The normalized spacial score (nSPS) is 13.7. The Morgan fingerprint density at radius 2 is 1.95 bits per heavy atom. The third kappa shape index (κ3) is 4.07. The van der Waals surface area contributed by atoms with Crippen LogP contribution in [0.1, 0.15) is 53.4 Å². The second-order valence-corrected chi connectivity index (χ2v) is 6.59. The molecule has 1 fully saturated rings. The summed E-state index contributed by atoms with van der Waals surface area (Å²) in [5.74, 6) is -1.86. The fourth-order valence-electron chi connectivity index (χ4n) is 2.22. The van der Waals surface area contributed by atoms with Crippen molar-refractivity contribution in [3.63, 3.8) is 0 Å². The molecule has 0 bridgehead atoms. The smallest absolute Gasteiger partial charge is 0.254 e. The van der Waals surface area contributed by atoms with Crippen molar-refractivity contribution in [1.82, 2.24) is 5.32 Å². The minimum absolute atomic E-state index is 0.162. The van der Waals surface area contributed by atoms with Crippen molar-refractivity contribution >= 4 is 34.1 Å². The Morgan fingerprint density at radius 3 is 2.50 bits per heavy atom. The summed E-state index contributed by atoms with van der Waals surface area (Å²) < 4.78 is 0. The van der Waals surface area contributed by atoms with Gasteiger partial charge in [0.15, 0.2) is 0 Å². The minimum Gasteiger partial charge on any atom is -0.550 e. The predicted octanol–water partition coefficient (Wildman–Crippen LogP) is 0.980. The standard InChI is InChI=1S/C15H20N2O4S/c1-3-10-8(2)22-15(17-11(18)6-7-12(19)20)13(10)14(21)16-9-4-5-9/h9H,3-7H2,1-2H3,(H,16,21)(H,17,18)(H,19,20)/p-1. The van der Waals surface area contributed by atoms with Gasteiger partial charge < -0.3 is 20.5 Å². The number of carbonyl (C=O) groups is 3. The Kier molecular flexibility index (Phi) is 5.18. The van der Waals surface area contributed by atoms with Crippen LogP contribution in [-0.2, 0) is 16.0 Å². The molecule has 1 heterocycles. The third-order valence-electron chi connectivity index (χ3n) is 3.51. The maximum Gasteiger partial charge on any atom is 0.254 e. The van der Waals surface area contributed by atoms with Crippen LogP contribution in [0.25, 0.3) is 0 Å². The van der Waals surface area contributed by atoms with Crippen molar-refractivity contribution in [3.8, 4) is 0 Å². The maximum atomic E-state index is 12.4. The number of thiophene rings is 1. The Hall–Kier alpha value is -1.89. The number of nitrogens with one attached hydrogen (secondary N) is 2. The number of hydrogen-bond donors (Lipinski definition) is 2. The maximum absolute atomic E-state index is 12.4. The highest BCUT2D eigenvalue weighted by molar-refractivity contribution is 7.16. The molecular weight excluding hydrogens is 304 g/mol. The van der Waals surface area contributed by atoms with Crippen molar-refractivity contribution < 1.29 is 19.5 Å². The molecule has 0 aromatic carbocycles. The molecule has 7 heteroatoms. The molecule has 22 heavy (non-hydrogen) atoms. The first-order valence-electron chi connectivity index (χ1n) is 7.35. The van der Waals surface area contributed by atoms with Crippen LogP contribution in [0.2, 0.25) is 0 Å². The van der Waals surface area contributed by atoms with E-state index in [-0.39, 0.29) is 24.8 Å². The van der Waals surface area contributed by atoms with E-state index in [1.54, 1.807) is 0 Å². The average Bonchev–Trinajstić information content (AvgIpc) is 3.19. The molecule has 1 aliphatic carbocycles. The lowest BCUT2D eigenvalue weighted by molar-refractivity contribution is -0.305. The zero-order valence-electron chi connectivity index (χ0n) is 12.7. The summed E-state index contributed by atoms with van der Waals surface area (Å²) >= 11 is 1.35. The summed E-state index contributed by atoms with van der Waals surface area (Å²) in [5.41, 5.74) is 1.44. The topological polar surface area (TPSA) is 98.3 Å². The number of anilines is 1. The molecule has 0 saturated heterocycles. The highest BCUT2D eigenvalue weighted by Crippen LogP contribution is 2.34. The number of carboxylic acid groups (broad SMARTS) is 1. The largest absolute Gasteiger partial charge is 0.550 e. The first-order chi connectivity index (χ1) is 10.4. The molecule has 0 radical (unpaired) electrons. The van der Waals surface area contributed by atoms with Crippen LogP contribution < -0.4 is 15.7 Å². The highest BCUT2D eigenvalue weighted by atomic mass is 32.1. The van der Waals surface area contributed by atoms with Crippen LogP contribution in [0, 0.1) is 6.92 Å². The van der Waals surface area contributed by atoms with Gasteiger partial charge in [-0.3, -0.25) is 9.59 Å². The van der Waals surface area contributed by atoms with E-state index in [0.29, 0.717) is 17.0 Å². The number of amides is 2. The van der Waals surface area contributed by atoms with E-state index in [0.717, 1.165) is 23.3 Å². The Labute approximate surface area is 132 Å². The van der Waals surface area contributed by atoms with E-state index >= 15 is 0 Å². The quantitative estimate of drug-likeness (QED) is 0.781. The molecule has 1 saturated carbocycles. The lowest BCUT2D eigenvalue weighted by atomic mass is 10.1. The second kappa shape index (κ2) is 6.91. The Balaban J connectivity index is 2.16. The van der Waals surface area contributed by atoms with Gasteiger partial charge in [-0.25, -0.2) is 0 Å². The molecule has 0 unspecified atom stereocenters. The van der Waals surface area contributed by atoms with Crippen molar-refractivity contribution in [2.45, 2.75) is 52.0 Å². The number of carboxylic acids is 1. The summed E-state index contributed by atoms with van der Waals surface area (Å²) in [6, 6.07) is 0.235. The summed E-state index contributed by atoms with van der Waals surface area (Å²) in [7, 11) is 0. The third-order valence-corrected chi connectivity index (χ3v) is 4.57. The van der Waals surface area contributed by atoms with Gasteiger partial charge in [-0.2, -0.15) is 0 Å². The van der Waals surface area contributed by atoms with Crippen LogP contribution in [0.5, 0.6) is 0 Å². The zero-order valence-corrected chi connectivity index (χ0v) is 13.5. The van der Waals surface area contributed by atoms with Gasteiger partial charge in [-0.1, -0.05) is 6.92 Å².